The van der Waals surface area contributed by atoms with Crippen LogP contribution in [0.3, 0.4) is 0 Å². The molecule has 1 fully saturated rings. The molecule has 6 heteroatoms. The van der Waals surface area contributed by atoms with Crippen molar-refractivity contribution in [3.05, 3.63) is 29.8 Å². The Kier molecular flexibility index (Phi) is 6.86. The summed E-state index contributed by atoms with van der Waals surface area (Å²) in [5, 5.41) is 0. The van der Waals surface area contributed by atoms with E-state index in [1.807, 2.05) is 27.7 Å². The summed E-state index contributed by atoms with van der Waals surface area (Å²) >= 11 is 0. The Morgan fingerprint density at radius 1 is 1.12 bits per heavy atom. The summed E-state index contributed by atoms with van der Waals surface area (Å²) in [6, 6.07) is 6.64. The van der Waals surface area contributed by atoms with Crippen LogP contribution in [0.4, 0.5) is 0 Å². The fourth-order valence-corrected chi connectivity index (χ4v) is 3.80. The van der Waals surface area contributed by atoms with Crippen LogP contribution in [0.25, 0.3) is 0 Å². The van der Waals surface area contributed by atoms with Gasteiger partial charge in [-0.3, -0.25) is 8.98 Å². The van der Waals surface area contributed by atoms with Gasteiger partial charge in [0, 0.05) is 0 Å². The number of hydrogen-bond donors (Lipinski definition) is 0. The second-order valence-corrected chi connectivity index (χ2v) is 9.69. The third-order valence-electron chi connectivity index (χ3n) is 4.40. The summed E-state index contributed by atoms with van der Waals surface area (Å²) in [4.78, 5) is 12.1. The Balaban J connectivity index is 1.59. The molecule has 1 aliphatic rings. The third-order valence-corrected chi connectivity index (χ3v) is 5.73. The van der Waals surface area contributed by atoms with Crippen molar-refractivity contribution in [3.8, 4) is 0 Å². The minimum atomic E-state index is -3.67. The molecular formula is C20H30O5S. The SMILES string of the molecule is Cc1ccc(S(=O)(=O)OCCCCCC2CC2C(=O)OC(C)(C)C)cc1. The number of aryl methyl sites for hydroxylation is 1. The lowest BCUT2D eigenvalue weighted by Crippen LogP contribution is -2.25. The quantitative estimate of drug-likeness (QED) is 0.363. The van der Waals surface area contributed by atoms with Crippen molar-refractivity contribution in [3.63, 3.8) is 0 Å². The first-order chi connectivity index (χ1) is 12.1. The summed E-state index contributed by atoms with van der Waals surface area (Å²) in [6.07, 6.45) is 4.44. The monoisotopic (exact) mass is 382 g/mol. The molecule has 146 valence electrons. The fourth-order valence-electron chi connectivity index (χ4n) is 2.86. The molecule has 0 aromatic heterocycles. The van der Waals surface area contributed by atoms with Gasteiger partial charge in [-0.25, -0.2) is 0 Å². The standard InChI is InChI=1S/C20H30O5S/c1-15-9-11-17(12-10-15)26(22,23)24-13-7-5-6-8-16-14-18(16)19(21)25-20(2,3)4/h9-12,16,18H,5-8,13-14H2,1-4H3. The van der Waals surface area contributed by atoms with Gasteiger partial charge in [0.2, 0.25) is 0 Å². The van der Waals surface area contributed by atoms with Crippen LogP contribution in [-0.2, 0) is 23.8 Å². The first-order valence-electron chi connectivity index (χ1n) is 9.27. The third kappa shape index (κ3) is 6.72. The zero-order chi connectivity index (χ0) is 19.4. The van der Waals surface area contributed by atoms with Gasteiger partial charge in [-0.15, -0.1) is 0 Å². The van der Waals surface area contributed by atoms with Crippen LogP contribution in [0.1, 0.15) is 58.4 Å². The van der Waals surface area contributed by atoms with E-state index in [1.165, 1.54) is 0 Å². The number of hydrogen-bond acceptors (Lipinski definition) is 5. The zero-order valence-corrected chi connectivity index (χ0v) is 17.0. The normalized spacial score (nSPS) is 20.0. The highest BCUT2D eigenvalue weighted by molar-refractivity contribution is 7.86. The van der Waals surface area contributed by atoms with Crippen LogP contribution in [0.15, 0.2) is 29.2 Å². The highest BCUT2D eigenvalue weighted by atomic mass is 32.2. The maximum Gasteiger partial charge on any atom is 0.309 e. The van der Waals surface area contributed by atoms with E-state index < -0.39 is 15.7 Å². The number of benzene rings is 1. The van der Waals surface area contributed by atoms with Gasteiger partial charge in [-0.2, -0.15) is 8.42 Å². The molecule has 1 aromatic carbocycles. The van der Waals surface area contributed by atoms with E-state index in [2.05, 4.69) is 0 Å². The molecule has 2 atom stereocenters. The largest absolute Gasteiger partial charge is 0.460 e. The van der Waals surface area contributed by atoms with Crippen LogP contribution in [0, 0.1) is 18.8 Å². The molecule has 1 saturated carbocycles. The predicted molar refractivity (Wildman–Crippen MR) is 100 cm³/mol. The van der Waals surface area contributed by atoms with Crippen molar-refractivity contribution in [1.82, 2.24) is 0 Å². The number of rotatable bonds is 9. The molecule has 5 nitrogen and oxygen atoms in total. The first-order valence-corrected chi connectivity index (χ1v) is 10.7. The summed E-state index contributed by atoms with van der Waals surface area (Å²) in [5.41, 5.74) is 0.582. The Bertz CT molecular complexity index is 701. The lowest BCUT2D eigenvalue weighted by atomic mass is 10.1. The van der Waals surface area contributed by atoms with Crippen molar-refractivity contribution in [2.75, 3.05) is 6.61 Å². The van der Waals surface area contributed by atoms with Crippen molar-refractivity contribution >= 4 is 16.1 Å². The number of unbranched alkanes of at least 4 members (excludes halogenated alkanes) is 2. The molecular weight excluding hydrogens is 352 g/mol. The Hall–Kier alpha value is -1.40. The fraction of sp³-hybridized carbons (Fsp3) is 0.650. The molecule has 0 aliphatic heterocycles. The molecule has 0 bridgehead atoms. The highest BCUT2D eigenvalue weighted by Crippen LogP contribution is 2.43. The minimum Gasteiger partial charge on any atom is -0.460 e. The summed E-state index contributed by atoms with van der Waals surface area (Å²) in [5.74, 6) is 0.379. The average Bonchev–Trinajstić information content (AvgIpc) is 3.29. The van der Waals surface area contributed by atoms with Gasteiger partial charge in [0.15, 0.2) is 0 Å². The number of esters is 1. The Morgan fingerprint density at radius 2 is 1.77 bits per heavy atom. The molecule has 0 radical (unpaired) electrons. The van der Waals surface area contributed by atoms with Crippen LogP contribution in [-0.4, -0.2) is 26.6 Å². The first kappa shape index (κ1) is 20.9. The average molecular weight is 383 g/mol. The molecule has 0 spiro atoms. The Morgan fingerprint density at radius 3 is 2.38 bits per heavy atom. The molecule has 26 heavy (non-hydrogen) atoms. The van der Waals surface area contributed by atoms with Crippen molar-refractivity contribution < 1.29 is 22.1 Å². The number of carbonyl (C=O) groups is 1. The molecule has 0 amide bonds. The van der Waals surface area contributed by atoms with Crippen molar-refractivity contribution in [1.29, 1.82) is 0 Å². The van der Waals surface area contributed by atoms with Crippen LogP contribution in [0.2, 0.25) is 0 Å². The second kappa shape index (κ2) is 8.53. The van der Waals surface area contributed by atoms with Crippen LogP contribution >= 0.6 is 0 Å². The predicted octanol–water partition coefficient (Wildman–Crippen LogP) is 4.24. The van der Waals surface area contributed by atoms with E-state index in [9.17, 15) is 13.2 Å². The van der Waals surface area contributed by atoms with Crippen LogP contribution < -0.4 is 0 Å². The van der Waals surface area contributed by atoms with E-state index in [1.54, 1.807) is 24.3 Å². The maximum atomic E-state index is 12.1. The zero-order valence-electron chi connectivity index (χ0n) is 16.2. The van der Waals surface area contributed by atoms with E-state index in [-0.39, 0.29) is 23.4 Å². The second-order valence-electron chi connectivity index (χ2n) is 8.07. The van der Waals surface area contributed by atoms with E-state index in [4.69, 9.17) is 8.92 Å². The topological polar surface area (TPSA) is 69.7 Å². The van der Waals surface area contributed by atoms with Crippen molar-refractivity contribution in [2.45, 2.75) is 70.3 Å². The summed E-state index contributed by atoms with van der Waals surface area (Å²) in [7, 11) is -3.67. The number of ether oxygens (including phenoxy) is 1. The van der Waals surface area contributed by atoms with E-state index in [0.29, 0.717) is 12.3 Å². The van der Waals surface area contributed by atoms with Gasteiger partial charge in [-0.1, -0.05) is 30.5 Å². The molecule has 0 heterocycles. The Labute approximate surface area is 157 Å². The highest BCUT2D eigenvalue weighted by Gasteiger charge is 2.44. The lowest BCUT2D eigenvalue weighted by molar-refractivity contribution is -0.156. The minimum absolute atomic E-state index is 0.0485. The molecule has 0 N–H and O–H groups in total. The molecule has 2 rings (SSSR count). The van der Waals surface area contributed by atoms with Gasteiger partial charge < -0.3 is 4.74 Å². The van der Waals surface area contributed by atoms with Crippen LogP contribution in [0.5, 0.6) is 0 Å². The van der Waals surface area contributed by atoms with Gasteiger partial charge >= 0.3 is 5.97 Å². The summed E-state index contributed by atoms with van der Waals surface area (Å²) in [6.45, 7) is 7.74. The van der Waals surface area contributed by atoms with Gasteiger partial charge in [0.25, 0.3) is 10.1 Å². The molecule has 1 aromatic rings. The number of carbonyl (C=O) groups excluding carboxylic acids is 1. The van der Waals surface area contributed by atoms with Gasteiger partial charge in [0.05, 0.1) is 17.4 Å². The summed E-state index contributed by atoms with van der Waals surface area (Å²) < 4.78 is 34.6. The van der Waals surface area contributed by atoms with Crippen molar-refractivity contribution in [2.24, 2.45) is 11.8 Å². The van der Waals surface area contributed by atoms with Gasteiger partial charge in [-0.05, 0) is 65.0 Å². The van der Waals surface area contributed by atoms with E-state index in [0.717, 1.165) is 31.2 Å². The molecule has 0 saturated heterocycles. The van der Waals surface area contributed by atoms with Gasteiger partial charge in [0.1, 0.15) is 5.60 Å². The van der Waals surface area contributed by atoms with E-state index >= 15 is 0 Å². The smallest absolute Gasteiger partial charge is 0.309 e. The molecule has 2 unspecified atom stereocenters. The lowest BCUT2D eigenvalue weighted by Gasteiger charge is -2.19. The molecule has 1 aliphatic carbocycles. The maximum absolute atomic E-state index is 12.1.